The molecule has 2 rings (SSSR count). The fraction of sp³-hybridized carbons (Fsp3) is 0.833. The Hall–Kier alpha value is -1.59. The third-order valence-electron chi connectivity index (χ3n) is 5.33. The van der Waals surface area contributed by atoms with Crippen LogP contribution in [-0.2, 0) is 14.4 Å². The first kappa shape index (κ1) is 18.7. The minimum Gasteiger partial charge on any atom is -0.359 e. The molecule has 0 bridgehead atoms. The molecule has 1 aliphatic heterocycles. The lowest BCUT2D eigenvalue weighted by Crippen LogP contribution is -2.37. The zero-order chi connectivity index (χ0) is 17.4. The quantitative estimate of drug-likeness (QED) is 0.770. The van der Waals surface area contributed by atoms with E-state index in [1.807, 2.05) is 4.90 Å². The van der Waals surface area contributed by atoms with Crippen LogP contribution in [0.1, 0.15) is 57.8 Å². The van der Waals surface area contributed by atoms with Crippen molar-refractivity contribution in [2.75, 3.05) is 26.7 Å². The average Bonchev–Trinajstić information content (AvgIpc) is 2.82. The Balaban J connectivity index is 1.61. The largest absolute Gasteiger partial charge is 0.359 e. The number of rotatable bonds is 6. The molecule has 1 saturated carbocycles. The highest BCUT2D eigenvalue weighted by Gasteiger charge is 2.25. The van der Waals surface area contributed by atoms with Gasteiger partial charge in [-0.2, -0.15) is 0 Å². The summed E-state index contributed by atoms with van der Waals surface area (Å²) in [6.07, 6.45) is 7.92. The molecule has 2 N–H and O–H groups in total. The van der Waals surface area contributed by atoms with Gasteiger partial charge in [-0.1, -0.05) is 6.42 Å². The molecule has 0 aromatic carbocycles. The number of amides is 3. The lowest BCUT2D eigenvalue weighted by Gasteiger charge is -2.27. The van der Waals surface area contributed by atoms with Crippen LogP contribution in [0.4, 0.5) is 0 Å². The highest BCUT2D eigenvalue weighted by atomic mass is 16.2. The van der Waals surface area contributed by atoms with E-state index in [1.165, 1.54) is 0 Å². The van der Waals surface area contributed by atoms with Gasteiger partial charge >= 0.3 is 0 Å². The van der Waals surface area contributed by atoms with Crippen LogP contribution in [0.5, 0.6) is 0 Å². The smallest absolute Gasteiger partial charge is 0.222 e. The van der Waals surface area contributed by atoms with Gasteiger partial charge in [-0.25, -0.2) is 0 Å². The van der Waals surface area contributed by atoms with Gasteiger partial charge in [0.15, 0.2) is 0 Å². The molecule has 3 amide bonds. The van der Waals surface area contributed by atoms with Crippen LogP contribution in [0, 0.1) is 11.8 Å². The van der Waals surface area contributed by atoms with Crippen molar-refractivity contribution in [3.05, 3.63) is 0 Å². The van der Waals surface area contributed by atoms with Gasteiger partial charge in [-0.15, -0.1) is 0 Å². The van der Waals surface area contributed by atoms with E-state index >= 15 is 0 Å². The Morgan fingerprint density at radius 3 is 2.58 bits per heavy atom. The summed E-state index contributed by atoms with van der Waals surface area (Å²) in [5, 5.41) is 5.72. The van der Waals surface area contributed by atoms with Crippen molar-refractivity contribution in [3.63, 3.8) is 0 Å². The maximum absolute atomic E-state index is 12.0. The van der Waals surface area contributed by atoms with Crippen molar-refractivity contribution in [1.29, 1.82) is 0 Å². The van der Waals surface area contributed by atoms with Crippen molar-refractivity contribution < 1.29 is 14.4 Å². The normalized spacial score (nSPS) is 25.0. The molecule has 2 aliphatic rings. The zero-order valence-electron chi connectivity index (χ0n) is 14.8. The number of carbonyl (C=O) groups excluding carboxylic acids is 3. The Kier molecular flexibility index (Phi) is 7.53. The van der Waals surface area contributed by atoms with Gasteiger partial charge in [0.05, 0.1) is 0 Å². The predicted octanol–water partition coefficient (Wildman–Crippen LogP) is 1.45. The average molecular weight is 337 g/mol. The van der Waals surface area contributed by atoms with Gasteiger partial charge in [0, 0.05) is 45.4 Å². The third kappa shape index (κ3) is 5.80. The summed E-state index contributed by atoms with van der Waals surface area (Å²) < 4.78 is 0. The van der Waals surface area contributed by atoms with E-state index in [9.17, 15) is 14.4 Å². The van der Waals surface area contributed by atoms with E-state index in [0.717, 1.165) is 51.5 Å². The molecule has 1 heterocycles. The van der Waals surface area contributed by atoms with Crippen molar-refractivity contribution >= 4 is 17.7 Å². The van der Waals surface area contributed by atoms with Crippen LogP contribution in [0.3, 0.4) is 0 Å². The van der Waals surface area contributed by atoms with Crippen molar-refractivity contribution in [1.82, 2.24) is 15.5 Å². The van der Waals surface area contributed by atoms with Crippen LogP contribution < -0.4 is 10.6 Å². The summed E-state index contributed by atoms with van der Waals surface area (Å²) in [5.41, 5.74) is 0. The Morgan fingerprint density at radius 2 is 1.88 bits per heavy atom. The predicted molar refractivity (Wildman–Crippen MR) is 92.2 cm³/mol. The van der Waals surface area contributed by atoms with E-state index in [-0.39, 0.29) is 23.6 Å². The van der Waals surface area contributed by atoms with E-state index in [0.29, 0.717) is 31.8 Å². The van der Waals surface area contributed by atoms with Crippen molar-refractivity contribution in [2.45, 2.75) is 57.8 Å². The standard InChI is InChI=1S/C18H31N3O3/c1-19-18(24)15-8-6-14(7-9-15)13-20-16(22)10-12-21-11-4-2-3-5-17(21)23/h14-15H,2-13H2,1H3,(H,19,24)(H,20,22). The van der Waals surface area contributed by atoms with Crippen LogP contribution in [0.25, 0.3) is 0 Å². The van der Waals surface area contributed by atoms with Crippen LogP contribution >= 0.6 is 0 Å². The minimum atomic E-state index is 0.0282. The summed E-state index contributed by atoms with van der Waals surface area (Å²) >= 11 is 0. The van der Waals surface area contributed by atoms with E-state index in [1.54, 1.807) is 7.05 Å². The molecular formula is C18H31N3O3. The highest BCUT2D eigenvalue weighted by molar-refractivity contribution is 5.79. The van der Waals surface area contributed by atoms with Crippen molar-refractivity contribution in [2.24, 2.45) is 11.8 Å². The first-order valence-electron chi connectivity index (χ1n) is 9.36. The monoisotopic (exact) mass is 337 g/mol. The molecule has 6 heteroatoms. The van der Waals surface area contributed by atoms with Gasteiger partial charge in [0.2, 0.25) is 17.7 Å². The SMILES string of the molecule is CNC(=O)C1CCC(CNC(=O)CCN2CCCCCC2=O)CC1. The molecule has 24 heavy (non-hydrogen) atoms. The maximum atomic E-state index is 12.0. The van der Waals surface area contributed by atoms with Crippen molar-refractivity contribution in [3.8, 4) is 0 Å². The first-order valence-corrected chi connectivity index (χ1v) is 9.36. The van der Waals surface area contributed by atoms with Crippen LogP contribution in [-0.4, -0.2) is 49.3 Å². The Labute approximate surface area is 144 Å². The van der Waals surface area contributed by atoms with E-state index in [2.05, 4.69) is 10.6 Å². The van der Waals surface area contributed by atoms with Gasteiger partial charge in [0.1, 0.15) is 0 Å². The van der Waals surface area contributed by atoms with Gasteiger partial charge in [0.25, 0.3) is 0 Å². The molecule has 0 radical (unpaired) electrons. The summed E-state index contributed by atoms with van der Waals surface area (Å²) in [4.78, 5) is 37.4. The van der Waals surface area contributed by atoms with Gasteiger partial charge < -0.3 is 15.5 Å². The minimum absolute atomic E-state index is 0.0282. The second-order valence-electron chi connectivity index (χ2n) is 7.08. The summed E-state index contributed by atoms with van der Waals surface area (Å²) in [7, 11) is 1.68. The summed E-state index contributed by atoms with van der Waals surface area (Å²) in [6.45, 7) is 2.01. The molecule has 1 aliphatic carbocycles. The lowest BCUT2D eigenvalue weighted by molar-refractivity contribution is -0.131. The molecule has 2 fully saturated rings. The molecule has 136 valence electrons. The molecular weight excluding hydrogens is 306 g/mol. The second kappa shape index (κ2) is 9.64. The second-order valence-corrected chi connectivity index (χ2v) is 7.08. The number of likely N-dealkylation sites (tertiary alicyclic amines) is 1. The molecule has 0 atom stereocenters. The highest BCUT2D eigenvalue weighted by Crippen LogP contribution is 2.28. The number of hydrogen-bond donors (Lipinski definition) is 2. The molecule has 0 aromatic heterocycles. The van der Waals surface area contributed by atoms with E-state index < -0.39 is 0 Å². The molecule has 0 aromatic rings. The molecule has 1 saturated heterocycles. The Bertz CT molecular complexity index is 445. The van der Waals surface area contributed by atoms with Gasteiger partial charge in [-0.3, -0.25) is 14.4 Å². The molecule has 0 spiro atoms. The van der Waals surface area contributed by atoms with Crippen LogP contribution in [0.15, 0.2) is 0 Å². The Morgan fingerprint density at radius 1 is 1.12 bits per heavy atom. The lowest BCUT2D eigenvalue weighted by atomic mass is 9.81. The number of carbonyl (C=O) groups is 3. The third-order valence-corrected chi connectivity index (χ3v) is 5.33. The molecule has 0 unspecified atom stereocenters. The number of hydrogen-bond acceptors (Lipinski definition) is 3. The maximum Gasteiger partial charge on any atom is 0.222 e. The molecule has 6 nitrogen and oxygen atoms in total. The fourth-order valence-corrected chi connectivity index (χ4v) is 3.69. The number of nitrogens with one attached hydrogen (secondary N) is 2. The first-order chi connectivity index (χ1) is 11.6. The summed E-state index contributed by atoms with van der Waals surface area (Å²) in [5.74, 6) is 0.957. The number of nitrogens with zero attached hydrogens (tertiary/aromatic N) is 1. The summed E-state index contributed by atoms with van der Waals surface area (Å²) in [6, 6.07) is 0. The van der Waals surface area contributed by atoms with Gasteiger partial charge in [-0.05, 0) is 44.4 Å². The fourth-order valence-electron chi connectivity index (χ4n) is 3.69. The van der Waals surface area contributed by atoms with E-state index in [4.69, 9.17) is 0 Å². The van der Waals surface area contributed by atoms with Crippen LogP contribution in [0.2, 0.25) is 0 Å². The topological polar surface area (TPSA) is 78.5 Å². The zero-order valence-corrected chi connectivity index (χ0v) is 14.8.